The summed E-state index contributed by atoms with van der Waals surface area (Å²) in [6.07, 6.45) is 4.99. The van der Waals surface area contributed by atoms with E-state index in [1.165, 1.54) is 20.0 Å². The van der Waals surface area contributed by atoms with E-state index in [9.17, 15) is 9.90 Å². The van der Waals surface area contributed by atoms with Crippen LogP contribution in [0.5, 0.6) is 0 Å². The molecule has 0 aromatic heterocycles. The highest BCUT2D eigenvalue weighted by Gasteiger charge is 2.26. The van der Waals surface area contributed by atoms with Crippen molar-refractivity contribution in [2.45, 2.75) is 51.1 Å². The number of carbonyl (C=O) groups excluding carboxylic acids is 1. The van der Waals surface area contributed by atoms with E-state index >= 15 is 0 Å². The van der Waals surface area contributed by atoms with Gasteiger partial charge >= 0.3 is 5.97 Å². The molecule has 1 rings (SSSR count). The molecule has 0 spiro atoms. The Morgan fingerprint density at radius 1 is 1.50 bits per heavy atom. The van der Waals surface area contributed by atoms with Crippen LogP contribution < -0.4 is 0 Å². The van der Waals surface area contributed by atoms with E-state index in [1.807, 2.05) is 6.92 Å². The Labute approximate surface area is 97.6 Å². The van der Waals surface area contributed by atoms with E-state index < -0.39 is 0 Å². The number of ether oxygens (including phenoxy) is 1. The van der Waals surface area contributed by atoms with E-state index in [0.29, 0.717) is 6.42 Å². The number of methoxy groups -OCH3 is 1. The first kappa shape index (κ1) is 13.5. The summed E-state index contributed by atoms with van der Waals surface area (Å²) < 4.78 is 4.68. The summed E-state index contributed by atoms with van der Waals surface area (Å²) in [6.45, 7) is 3.19. The van der Waals surface area contributed by atoms with Crippen molar-refractivity contribution in [1.82, 2.24) is 4.90 Å². The molecule has 1 aliphatic heterocycles. The molecule has 94 valence electrons. The summed E-state index contributed by atoms with van der Waals surface area (Å²) in [5.74, 6) is -0.173. The van der Waals surface area contributed by atoms with Gasteiger partial charge in [-0.25, -0.2) is 0 Å². The number of carbonyl (C=O) groups is 1. The first-order valence-corrected chi connectivity index (χ1v) is 6.12. The molecule has 0 bridgehead atoms. The van der Waals surface area contributed by atoms with Gasteiger partial charge in [-0.05, 0) is 26.3 Å². The zero-order chi connectivity index (χ0) is 12.0. The monoisotopic (exact) mass is 229 g/mol. The van der Waals surface area contributed by atoms with Gasteiger partial charge in [0.05, 0.1) is 20.1 Å². The SMILES string of the molecule is COC(=O)CC(C)N1CCCCCC1CO. The zero-order valence-electron chi connectivity index (χ0n) is 10.3. The summed E-state index contributed by atoms with van der Waals surface area (Å²) in [5, 5.41) is 9.37. The molecule has 0 saturated carbocycles. The molecule has 0 aliphatic carbocycles. The van der Waals surface area contributed by atoms with Gasteiger partial charge in [0.2, 0.25) is 0 Å². The van der Waals surface area contributed by atoms with Gasteiger partial charge in [-0.3, -0.25) is 9.69 Å². The molecule has 1 aliphatic rings. The molecule has 0 amide bonds. The Morgan fingerprint density at radius 2 is 2.25 bits per heavy atom. The number of likely N-dealkylation sites (tertiary alicyclic amines) is 1. The van der Waals surface area contributed by atoms with Crippen LogP contribution in [0.1, 0.15) is 39.0 Å². The minimum atomic E-state index is -0.173. The van der Waals surface area contributed by atoms with Crippen molar-refractivity contribution < 1.29 is 14.6 Å². The van der Waals surface area contributed by atoms with E-state index in [2.05, 4.69) is 9.64 Å². The van der Waals surface area contributed by atoms with Gasteiger partial charge in [-0.2, -0.15) is 0 Å². The van der Waals surface area contributed by atoms with Crippen molar-refractivity contribution in [3.8, 4) is 0 Å². The third-order valence-corrected chi connectivity index (χ3v) is 3.39. The molecule has 1 heterocycles. The summed E-state index contributed by atoms with van der Waals surface area (Å²) in [7, 11) is 1.42. The van der Waals surface area contributed by atoms with Crippen LogP contribution in [-0.4, -0.2) is 48.3 Å². The number of rotatable bonds is 4. The molecule has 0 radical (unpaired) electrons. The first-order chi connectivity index (χ1) is 7.69. The second-order valence-corrected chi connectivity index (χ2v) is 4.55. The van der Waals surface area contributed by atoms with Crippen LogP contribution in [0.15, 0.2) is 0 Å². The molecular formula is C12H23NO3. The molecule has 1 saturated heterocycles. The molecule has 2 atom stereocenters. The maximum Gasteiger partial charge on any atom is 0.307 e. The minimum absolute atomic E-state index is 0.155. The second-order valence-electron chi connectivity index (χ2n) is 4.55. The Kier molecular flexibility index (Phi) is 5.77. The topological polar surface area (TPSA) is 49.8 Å². The average molecular weight is 229 g/mol. The van der Waals surface area contributed by atoms with Gasteiger partial charge in [0.1, 0.15) is 0 Å². The van der Waals surface area contributed by atoms with Crippen molar-refractivity contribution >= 4 is 5.97 Å². The fourth-order valence-electron chi connectivity index (χ4n) is 2.42. The number of hydrogen-bond donors (Lipinski definition) is 1. The van der Waals surface area contributed by atoms with Crippen LogP contribution >= 0.6 is 0 Å². The first-order valence-electron chi connectivity index (χ1n) is 6.12. The molecule has 0 aromatic carbocycles. The number of aliphatic hydroxyl groups is 1. The lowest BCUT2D eigenvalue weighted by molar-refractivity contribution is -0.142. The van der Waals surface area contributed by atoms with Crippen molar-refractivity contribution in [2.75, 3.05) is 20.3 Å². The van der Waals surface area contributed by atoms with E-state index in [4.69, 9.17) is 0 Å². The molecular weight excluding hydrogens is 206 g/mol. The fraction of sp³-hybridized carbons (Fsp3) is 0.917. The standard InChI is InChI=1S/C12H23NO3/c1-10(8-12(15)16-2)13-7-5-3-4-6-11(13)9-14/h10-11,14H,3-9H2,1-2H3. The summed E-state index contributed by atoms with van der Waals surface area (Å²) in [4.78, 5) is 13.5. The lowest BCUT2D eigenvalue weighted by atomic mass is 10.1. The Morgan fingerprint density at radius 3 is 2.88 bits per heavy atom. The van der Waals surface area contributed by atoms with Gasteiger partial charge in [-0.15, -0.1) is 0 Å². The van der Waals surface area contributed by atoms with Gasteiger partial charge < -0.3 is 9.84 Å². The van der Waals surface area contributed by atoms with E-state index in [1.54, 1.807) is 0 Å². The molecule has 0 aromatic rings. The van der Waals surface area contributed by atoms with E-state index in [-0.39, 0.29) is 24.7 Å². The molecule has 2 unspecified atom stereocenters. The fourth-order valence-corrected chi connectivity index (χ4v) is 2.42. The molecule has 4 heteroatoms. The molecule has 16 heavy (non-hydrogen) atoms. The summed E-state index contributed by atoms with van der Waals surface area (Å²) in [6, 6.07) is 0.366. The van der Waals surface area contributed by atoms with Gasteiger partial charge in [-0.1, -0.05) is 12.8 Å². The highest BCUT2D eigenvalue weighted by atomic mass is 16.5. The lowest BCUT2D eigenvalue weighted by Gasteiger charge is -2.33. The number of aliphatic hydroxyl groups excluding tert-OH is 1. The quantitative estimate of drug-likeness (QED) is 0.735. The van der Waals surface area contributed by atoms with Crippen LogP contribution in [-0.2, 0) is 9.53 Å². The summed E-state index contributed by atoms with van der Waals surface area (Å²) in [5.41, 5.74) is 0. The second kappa shape index (κ2) is 6.86. The predicted molar refractivity (Wildman–Crippen MR) is 62.1 cm³/mol. The Hall–Kier alpha value is -0.610. The lowest BCUT2D eigenvalue weighted by Crippen LogP contribution is -2.44. The van der Waals surface area contributed by atoms with E-state index in [0.717, 1.165) is 19.4 Å². The Balaban J connectivity index is 2.55. The van der Waals surface area contributed by atoms with Crippen LogP contribution in [0.2, 0.25) is 0 Å². The van der Waals surface area contributed by atoms with Crippen LogP contribution in [0.25, 0.3) is 0 Å². The van der Waals surface area contributed by atoms with Crippen LogP contribution in [0.4, 0.5) is 0 Å². The van der Waals surface area contributed by atoms with Gasteiger partial charge in [0.15, 0.2) is 0 Å². The third-order valence-electron chi connectivity index (χ3n) is 3.39. The minimum Gasteiger partial charge on any atom is -0.469 e. The van der Waals surface area contributed by atoms with Crippen molar-refractivity contribution in [1.29, 1.82) is 0 Å². The molecule has 4 nitrogen and oxygen atoms in total. The number of nitrogens with zero attached hydrogens (tertiary/aromatic N) is 1. The largest absolute Gasteiger partial charge is 0.469 e. The predicted octanol–water partition coefficient (Wildman–Crippen LogP) is 1.17. The molecule has 1 fully saturated rings. The number of hydrogen-bond acceptors (Lipinski definition) is 4. The van der Waals surface area contributed by atoms with Gasteiger partial charge in [0, 0.05) is 12.1 Å². The van der Waals surface area contributed by atoms with Crippen molar-refractivity contribution in [3.05, 3.63) is 0 Å². The maximum absolute atomic E-state index is 11.2. The van der Waals surface area contributed by atoms with Crippen molar-refractivity contribution in [2.24, 2.45) is 0 Å². The summed E-state index contributed by atoms with van der Waals surface area (Å²) >= 11 is 0. The van der Waals surface area contributed by atoms with Crippen molar-refractivity contribution in [3.63, 3.8) is 0 Å². The highest BCUT2D eigenvalue weighted by molar-refractivity contribution is 5.69. The maximum atomic E-state index is 11.2. The number of esters is 1. The normalized spacial score (nSPS) is 24.8. The van der Waals surface area contributed by atoms with Crippen LogP contribution in [0, 0.1) is 0 Å². The van der Waals surface area contributed by atoms with Gasteiger partial charge in [0.25, 0.3) is 0 Å². The Bertz CT molecular complexity index is 220. The smallest absolute Gasteiger partial charge is 0.307 e. The zero-order valence-corrected chi connectivity index (χ0v) is 10.3. The highest BCUT2D eigenvalue weighted by Crippen LogP contribution is 2.20. The molecule has 1 N–H and O–H groups in total. The third kappa shape index (κ3) is 3.76. The average Bonchev–Trinajstić information content (AvgIpc) is 2.53. The van der Waals surface area contributed by atoms with Crippen LogP contribution in [0.3, 0.4) is 0 Å².